The second-order valence-corrected chi connectivity index (χ2v) is 5.05. The van der Waals surface area contributed by atoms with Crippen LogP contribution in [0.25, 0.3) is 0 Å². The van der Waals surface area contributed by atoms with Crippen molar-refractivity contribution in [2.24, 2.45) is 16.3 Å². The third kappa shape index (κ3) is 4.08. The summed E-state index contributed by atoms with van der Waals surface area (Å²) in [5, 5.41) is 3.36. The van der Waals surface area contributed by atoms with Crippen LogP contribution in [0.3, 0.4) is 0 Å². The summed E-state index contributed by atoms with van der Waals surface area (Å²) in [5.74, 6) is 6.11. The maximum atomic E-state index is 5.39. The Morgan fingerprint density at radius 2 is 2.00 bits per heavy atom. The first-order valence-electron chi connectivity index (χ1n) is 5.85. The summed E-state index contributed by atoms with van der Waals surface area (Å²) in [4.78, 5) is 4.24. The Kier molecular flexibility index (Phi) is 4.39. The van der Waals surface area contributed by atoms with E-state index in [0.29, 0.717) is 11.5 Å². The minimum absolute atomic E-state index is 0.510. The number of aliphatic imine (C=N–C) groups is 1. The third-order valence-electron chi connectivity index (χ3n) is 3.13. The summed E-state index contributed by atoms with van der Waals surface area (Å²) < 4.78 is 0. The van der Waals surface area contributed by atoms with Crippen LogP contribution in [-0.4, -0.2) is 18.5 Å². The van der Waals surface area contributed by atoms with Crippen LogP contribution in [0.5, 0.6) is 0 Å². The number of hydrogen-bond acceptors (Lipinski definition) is 2. The maximum absolute atomic E-state index is 5.39. The van der Waals surface area contributed by atoms with Crippen molar-refractivity contribution in [2.75, 3.05) is 6.54 Å². The van der Waals surface area contributed by atoms with Crippen LogP contribution < -0.4 is 16.6 Å². The average Bonchev–Trinajstić information content (AvgIpc) is 2.20. The third-order valence-corrected chi connectivity index (χ3v) is 3.13. The highest BCUT2D eigenvalue weighted by atomic mass is 15.3. The molecule has 4 N–H and O–H groups in total. The Hall–Kier alpha value is -0.770. The molecule has 0 saturated heterocycles. The van der Waals surface area contributed by atoms with Gasteiger partial charge in [0.15, 0.2) is 0 Å². The number of hydrazine groups is 1. The highest BCUT2D eigenvalue weighted by Crippen LogP contribution is 2.34. The van der Waals surface area contributed by atoms with Crippen molar-refractivity contribution in [1.29, 1.82) is 0 Å². The summed E-state index contributed by atoms with van der Waals surface area (Å²) in [7, 11) is 0. The fraction of sp³-hybridized carbons (Fsp3) is 0.909. The molecule has 0 aromatic carbocycles. The standard InChI is InChI=1S/C11H24N4/c1-4-13-10(15-12)14-9-5-7-11(2,3)8-6-9/h9H,4-8,12H2,1-3H3,(H2,13,14,15). The topological polar surface area (TPSA) is 62.4 Å². The SMILES string of the molecule is CCN=C(NN)NC1CCC(C)(C)CC1. The lowest BCUT2D eigenvalue weighted by Gasteiger charge is -2.35. The molecule has 4 nitrogen and oxygen atoms in total. The first-order valence-corrected chi connectivity index (χ1v) is 5.85. The van der Waals surface area contributed by atoms with E-state index in [2.05, 4.69) is 29.6 Å². The Labute approximate surface area is 92.7 Å². The lowest BCUT2D eigenvalue weighted by molar-refractivity contribution is 0.216. The Balaban J connectivity index is 2.38. The van der Waals surface area contributed by atoms with E-state index >= 15 is 0 Å². The van der Waals surface area contributed by atoms with Crippen molar-refractivity contribution in [1.82, 2.24) is 10.7 Å². The number of guanidine groups is 1. The van der Waals surface area contributed by atoms with Gasteiger partial charge in [0.05, 0.1) is 0 Å². The Morgan fingerprint density at radius 3 is 2.47 bits per heavy atom. The second-order valence-electron chi connectivity index (χ2n) is 5.05. The van der Waals surface area contributed by atoms with Crippen molar-refractivity contribution < 1.29 is 0 Å². The fourth-order valence-corrected chi connectivity index (χ4v) is 2.03. The van der Waals surface area contributed by atoms with Gasteiger partial charge in [0, 0.05) is 12.6 Å². The molecule has 0 amide bonds. The Bertz CT molecular complexity index is 213. The molecular weight excluding hydrogens is 188 g/mol. The lowest BCUT2D eigenvalue weighted by atomic mass is 9.76. The second kappa shape index (κ2) is 5.35. The van der Waals surface area contributed by atoms with Gasteiger partial charge in [-0.05, 0) is 38.0 Å². The summed E-state index contributed by atoms with van der Waals surface area (Å²) in [5.41, 5.74) is 3.12. The lowest BCUT2D eigenvalue weighted by Crippen LogP contribution is -2.48. The highest BCUT2D eigenvalue weighted by Gasteiger charge is 2.26. The van der Waals surface area contributed by atoms with Crippen molar-refractivity contribution in [3.8, 4) is 0 Å². The summed E-state index contributed by atoms with van der Waals surface area (Å²) >= 11 is 0. The van der Waals surface area contributed by atoms with E-state index in [9.17, 15) is 0 Å². The summed E-state index contributed by atoms with van der Waals surface area (Å²) in [6.07, 6.45) is 4.96. The smallest absolute Gasteiger partial charge is 0.205 e. The quantitative estimate of drug-likeness (QED) is 0.280. The van der Waals surface area contributed by atoms with Gasteiger partial charge in [0.2, 0.25) is 5.96 Å². The first-order chi connectivity index (χ1) is 7.07. The summed E-state index contributed by atoms with van der Waals surface area (Å²) in [6, 6.07) is 0.527. The molecule has 0 radical (unpaired) electrons. The molecule has 0 heterocycles. The van der Waals surface area contributed by atoms with Crippen LogP contribution in [-0.2, 0) is 0 Å². The number of nitrogens with one attached hydrogen (secondary N) is 2. The van der Waals surface area contributed by atoms with E-state index < -0.39 is 0 Å². The van der Waals surface area contributed by atoms with Gasteiger partial charge in [-0.15, -0.1) is 0 Å². The van der Waals surface area contributed by atoms with Crippen LogP contribution >= 0.6 is 0 Å². The zero-order valence-corrected chi connectivity index (χ0v) is 10.1. The van der Waals surface area contributed by atoms with E-state index in [1.54, 1.807) is 0 Å². The average molecular weight is 212 g/mol. The van der Waals surface area contributed by atoms with E-state index in [1.165, 1.54) is 25.7 Å². The van der Waals surface area contributed by atoms with E-state index in [1.807, 2.05) is 6.92 Å². The van der Waals surface area contributed by atoms with Crippen molar-refractivity contribution >= 4 is 5.96 Å². The van der Waals surface area contributed by atoms with Crippen molar-refractivity contribution in [2.45, 2.75) is 52.5 Å². The van der Waals surface area contributed by atoms with Crippen LogP contribution in [0.15, 0.2) is 4.99 Å². The van der Waals surface area contributed by atoms with Gasteiger partial charge in [0.25, 0.3) is 0 Å². The van der Waals surface area contributed by atoms with Gasteiger partial charge in [-0.1, -0.05) is 13.8 Å². The van der Waals surface area contributed by atoms with Gasteiger partial charge in [0.1, 0.15) is 0 Å². The zero-order chi connectivity index (χ0) is 11.3. The molecular formula is C11H24N4. The molecule has 1 fully saturated rings. The maximum Gasteiger partial charge on any atom is 0.205 e. The highest BCUT2D eigenvalue weighted by molar-refractivity contribution is 5.79. The van der Waals surface area contributed by atoms with E-state index in [4.69, 9.17) is 5.84 Å². The molecule has 88 valence electrons. The van der Waals surface area contributed by atoms with Gasteiger partial charge in [-0.3, -0.25) is 10.4 Å². The van der Waals surface area contributed by atoms with Crippen molar-refractivity contribution in [3.63, 3.8) is 0 Å². The molecule has 0 bridgehead atoms. The normalized spacial score (nSPS) is 22.5. The van der Waals surface area contributed by atoms with E-state index in [-0.39, 0.29) is 0 Å². The number of rotatable bonds is 2. The molecule has 1 aliphatic rings. The molecule has 0 aliphatic heterocycles. The number of hydrogen-bond donors (Lipinski definition) is 3. The predicted molar refractivity (Wildman–Crippen MR) is 64.5 cm³/mol. The fourth-order valence-electron chi connectivity index (χ4n) is 2.03. The minimum Gasteiger partial charge on any atom is -0.353 e. The van der Waals surface area contributed by atoms with E-state index in [0.717, 1.165) is 12.5 Å². The molecule has 1 aliphatic carbocycles. The molecule has 1 saturated carbocycles. The predicted octanol–water partition coefficient (Wildman–Crippen LogP) is 1.38. The van der Waals surface area contributed by atoms with Gasteiger partial charge >= 0.3 is 0 Å². The van der Waals surface area contributed by atoms with Gasteiger partial charge in [-0.25, -0.2) is 5.84 Å². The molecule has 1 rings (SSSR count). The van der Waals surface area contributed by atoms with Crippen molar-refractivity contribution in [3.05, 3.63) is 0 Å². The Morgan fingerprint density at radius 1 is 1.40 bits per heavy atom. The number of nitrogens with zero attached hydrogens (tertiary/aromatic N) is 1. The minimum atomic E-state index is 0.510. The van der Waals surface area contributed by atoms with Gasteiger partial charge in [-0.2, -0.15) is 0 Å². The molecule has 0 spiro atoms. The molecule has 0 aromatic heterocycles. The zero-order valence-electron chi connectivity index (χ0n) is 10.1. The van der Waals surface area contributed by atoms with Gasteiger partial charge < -0.3 is 5.32 Å². The molecule has 4 heteroatoms. The van der Waals surface area contributed by atoms with Crippen LogP contribution in [0.1, 0.15) is 46.5 Å². The molecule has 0 aromatic rings. The molecule has 15 heavy (non-hydrogen) atoms. The number of nitrogens with two attached hydrogens (primary N) is 1. The first kappa shape index (κ1) is 12.3. The largest absolute Gasteiger partial charge is 0.353 e. The molecule has 0 atom stereocenters. The van der Waals surface area contributed by atoms with Crippen LogP contribution in [0.4, 0.5) is 0 Å². The van der Waals surface area contributed by atoms with Crippen LogP contribution in [0.2, 0.25) is 0 Å². The molecule has 0 unspecified atom stereocenters. The summed E-state index contributed by atoms with van der Waals surface area (Å²) in [6.45, 7) is 7.44. The van der Waals surface area contributed by atoms with Crippen LogP contribution in [0, 0.1) is 5.41 Å². The monoisotopic (exact) mass is 212 g/mol.